The molecule has 2 heteroatoms. The summed E-state index contributed by atoms with van der Waals surface area (Å²) in [6, 6.07) is 6.23. The van der Waals surface area contributed by atoms with Gasteiger partial charge in [-0.3, -0.25) is 0 Å². The van der Waals surface area contributed by atoms with Gasteiger partial charge >= 0.3 is 0 Å². The lowest BCUT2D eigenvalue weighted by Gasteiger charge is -2.34. The van der Waals surface area contributed by atoms with E-state index in [0.717, 1.165) is 12.2 Å². The van der Waals surface area contributed by atoms with Crippen LogP contribution in [0.1, 0.15) is 52.2 Å². The maximum absolute atomic E-state index is 9.10. The van der Waals surface area contributed by atoms with E-state index in [1.54, 1.807) is 7.11 Å². The highest BCUT2D eigenvalue weighted by atomic mass is 16.5. The van der Waals surface area contributed by atoms with Crippen LogP contribution in [0.5, 0.6) is 5.75 Å². The fourth-order valence-electron chi connectivity index (χ4n) is 2.99. The minimum absolute atomic E-state index is 0.0507. The van der Waals surface area contributed by atoms with Crippen molar-refractivity contribution in [1.29, 1.82) is 0 Å². The van der Waals surface area contributed by atoms with Gasteiger partial charge in [-0.2, -0.15) is 0 Å². The topological polar surface area (TPSA) is 29.5 Å². The van der Waals surface area contributed by atoms with Crippen molar-refractivity contribution >= 4 is 0 Å². The standard InChI is InChI=1S/C17H28O2/c1-16(2,3)12-17(4,5)14-11-13(9-10-18)7-8-15(14)19-6/h7-8,11,18H,9-10,12H2,1-6H3. The number of methoxy groups -OCH3 is 1. The maximum Gasteiger partial charge on any atom is 0.122 e. The van der Waals surface area contributed by atoms with Gasteiger partial charge < -0.3 is 9.84 Å². The van der Waals surface area contributed by atoms with Crippen molar-refractivity contribution in [2.45, 2.75) is 52.9 Å². The highest BCUT2D eigenvalue weighted by Crippen LogP contribution is 2.40. The Kier molecular flexibility index (Phi) is 5.03. The van der Waals surface area contributed by atoms with Crippen LogP contribution in [0.25, 0.3) is 0 Å². The van der Waals surface area contributed by atoms with Gasteiger partial charge in [-0.05, 0) is 35.3 Å². The van der Waals surface area contributed by atoms with Gasteiger partial charge in [0.1, 0.15) is 5.75 Å². The van der Waals surface area contributed by atoms with Crippen molar-refractivity contribution in [2.75, 3.05) is 13.7 Å². The summed E-state index contributed by atoms with van der Waals surface area (Å²) in [7, 11) is 1.72. The summed E-state index contributed by atoms with van der Waals surface area (Å²) < 4.78 is 5.52. The average molecular weight is 264 g/mol. The summed E-state index contributed by atoms with van der Waals surface area (Å²) in [5.41, 5.74) is 2.72. The Labute approximate surface area is 117 Å². The Morgan fingerprint density at radius 3 is 2.21 bits per heavy atom. The maximum atomic E-state index is 9.10. The monoisotopic (exact) mass is 264 g/mol. The molecular formula is C17H28O2. The third-order valence-corrected chi connectivity index (χ3v) is 3.37. The van der Waals surface area contributed by atoms with E-state index in [-0.39, 0.29) is 17.4 Å². The van der Waals surface area contributed by atoms with Crippen molar-refractivity contribution in [3.63, 3.8) is 0 Å². The summed E-state index contributed by atoms with van der Waals surface area (Å²) in [5, 5.41) is 9.10. The van der Waals surface area contributed by atoms with Crippen LogP contribution >= 0.6 is 0 Å². The lowest BCUT2D eigenvalue weighted by molar-refractivity contribution is 0.276. The lowest BCUT2D eigenvalue weighted by atomic mass is 9.71. The Morgan fingerprint density at radius 1 is 1.11 bits per heavy atom. The second-order valence-electron chi connectivity index (χ2n) is 7.13. The number of ether oxygens (including phenoxy) is 1. The van der Waals surface area contributed by atoms with Crippen LogP contribution in [-0.4, -0.2) is 18.8 Å². The van der Waals surface area contributed by atoms with E-state index < -0.39 is 0 Å². The summed E-state index contributed by atoms with van der Waals surface area (Å²) in [5.74, 6) is 0.941. The van der Waals surface area contributed by atoms with Crippen molar-refractivity contribution < 1.29 is 9.84 Å². The van der Waals surface area contributed by atoms with Crippen LogP contribution in [-0.2, 0) is 11.8 Å². The molecule has 0 radical (unpaired) electrons. The van der Waals surface area contributed by atoms with E-state index in [1.165, 1.54) is 11.1 Å². The summed E-state index contributed by atoms with van der Waals surface area (Å²) in [6.07, 6.45) is 1.78. The van der Waals surface area contributed by atoms with E-state index in [2.05, 4.69) is 40.7 Å². The zero-order valence-corrected chi connectivity index (χ0v) is 13.2. The molecule has 0 aliphatic carbocycles. The van der Waals surface area contributed by atoms with Gasteiger partial charge in [0.15, 0.2) is 0 Å². The molecule has 19 heavy (non-hydrogen) atoms. The number of aliphatic hydroxyl groups excluding tert-OH is 1. The van der Waals surface area contributed by atoms with Crippen molar-refractivity contribution in [2.24, 2.45) is 5.41 Å². The van der Waals surface area contributed by atoms with Crippen LogP contribution in [0, 0.1) is 5.41 Å². The second kappa shape index (κ2) is 5.96. The molecule has 0 fully saturated rings. The third kappa shape index (κ3) is 4.54. The minimum atomic E-state index is 0.0507. The molecule has 0 saturated carbocycles. The molecule has 0 heterocycles. The van der Waals surface area contributed by atoms with E-state index >= 15 is 0 Å². The van der Waals surface area contributed by atoms with Gasteiger partial charge in [0.25, 0.3) is 0 Å². The largest absolute Gasteiger partial charge is 0.496 e. The van der Waals surface area contributed by atoms with Crippen molar-refractivity contribution in [1.82, 2.24) is 0 Å². The SMILES string of the molecule is COc1ccc(CCO)cc1C(C)(C)CC(C)(C)C. The van der Waals surface area contributed by atoms with Crippen LogP contribution in [0.2, 0.25) is 0 Å². The molecule has 0 unspecified atom stereocenters. The van der Waals surface area contributed by atoms with Gasteiger partial charge in [0.05, 0.1) is 7.11 Å². The van der Waals surface area contributed by atoms with Crippen LogP contribution in [0.15, 0.2) is 18.2 Å². The molecule has 1 N–H and O–H groups in total. The second-order valence-corrected chi connectivity index (χ2v) is 7.13. The first kappa shape index (κ1) is 16.0. The zero-order valence-electron chi connectivity index (χ0n) is 13.2. The van der Waals surface area contributed by atoms with Gasteiger partial charge in [-0.15, -0.1) is 0 Å². The van der Waals surface area contributed by atoms with Crippen LogP contribution < -0.4 is 4.74 Å². The molecule has 0 aromatic heterocycles. The van der Waals surface area contributed by atoms with Gasteiger partial charge in [-0.1, -0.05) is 46.8 Å². The summed E-state index contributed by atoms with van der Waals surface area (Å²) in [6.45, 7) is 11.5. The predicted octanol–water partition coefficient (Wildman–Crippen LogP) is 3.94. The first-order chi connectivity index (χ1) is 8.69. The van der Waals surface area contributed by atoms with Crippen molar-refractivity contribution in [3.05, 3.63) is 29.3 Å². The fourth-order valence-corrected chi connectivity index (χ4v) is 2.99. The van der Waals surface area contributed by atoms with E-state index in [1.807, 2.05) is 12.1 Å². The highest BCUT2D eigenvalue weighted by Gasteiger charge is 2.29. The quantitative estimate of drug-likeness (QED) is 0.872. The average Bonchev–Trinajstić information content (AvgIpc) is 2.26. The lowest BCUT2D eigenvalue weighted by Crippen LogP contribution is -2.25. The molecule has 108 valence electrons. The van der Waals surface area contributed by atoms with Gasteiger partial charge in [0.2, 0.25) is 0 Å². The Morgan fingerprint density at radius 2 is 1.74 bits per heavy atom. The normalized spacial score (nSPS) is 12.6. The molecule has 2 nitrogen and oxygen atoms in total. The first-order valence-electron chi connectivity index (χ1n) is 6.98. The molecule has 0 atom stereocenters. The molecule has 0 amide bonds. The first-order valence-corrected chi connectivity index (χ1v) is 6.98. The zero-order chi connectivity index (χ0) is 14.7. The molecule has 1 aromatic carbocycles. The fraction of sp³-hybridized carbons (Fsp3) is 0.647. The molecule has 0 spiro atoms. The molecular weight excluding hydrogens is 236 g/mol. The number of rotatable bonds is 5. The highest BCUT2D eigenvalue weighted by molar-refractivity contribution is 5.42. The van der Waals surface area contributed by atoms with Crippen molar-refractivity contribution in [3.8, 4) is 5.75 Å². The molecule has 1 rings (SSSR count). The Hall–Kier alpha value is -1.02. The number of hydrogen-bond donors (Lipinski definition) is 1. The molecule has 0 aliphatic rings. The third-order valence-electron chi connectivity index (χ3n) is 3.37. The number of hydrogen-bond acceptors (Lipinski definition) is 2. The number of aliphatic hydroxyl groups is 1. The van der Waals surface area contributed by atoms with E-state index in [4.69, 9.17) is 9.84 Å². The van der Waals surface area contributed by atoms with E-state index in [0.29, 0.717) is 6.42 Å². The van der Waals surface area contributed by atoms with Crippen LogP contribution in [0.4, 0.5) is 0 Å². The molecule has 0 bridgehead atoms. The minimum Gasteiger partial charge on any atom is -0.496 e. The predicted molar refractivity (Wildman–Crippen MR) is 80.9 cm³/mol. The summed E-state index contributed by atoms with van der Waals surface area (Å²) in [4.78, 5) is 0. The number of benzene rings is 1. The van der Waals surface area contributed by atoms with E-state index in [9.17, 15) is 0 Å². The van der Waals surface area contributed by atoms with Crippen LogP contribution in [0.3, 0.4) is 0 Å². The Bertz CT molecular complexity index is 414. The Balaban J connectivity index is 3.17. The molecule has 0 saturated heterocycles. The molecule has 0 aliphatic heterocycles. The molecule has 1 aromatic rings. The smallest absolute Gasteiger partial charge is 0.122 e. The van der Waals surface area contributed by atoms with Gasteiger partial charge in [-0.25, -0.2) is 0 Å². The van der Waals surface area contributed by atoms with Gasteiger partial charge in [0, 0.05) is 12.2 Å². The summed E-state index contributed by atoms with van der Waals surface area (Å²) >= 11 is 0.